The molecule has 0 bridgehead atoms. The quantitative estimate of drug-likeness (QED) is 0.870. The Bertz CT molecular complexity index is 718. The van der Waals surface area contributed by atoms with Crippen LogP contribution in [0.5, 0.6) is 11.5 Å². The summed E-state index contributed by atoms with van der Waals surface area (Å²) in [6.45, 7) is 0. The van der Waals surface area contributed by atoms with Gasteiger partial charge in [-0.3, -0.25) is 4.79 Å². The molecule has 0 aromatic heterocycles. The van der Waals surface area contributed by atoms with E-state index in [1.165, 1.54) is 26.4 Å². The fraction of sp³-hybridized carbons (Fsp3) is 0.125. The van der Waals surface area contributed by atoms with E-state index in [0.717, 1.165) is 0 Å². The Morgan fingerprint density at radius 1 is 1.00 bits per heavy atom. The SMILES string of the molecule is COc1ccc(Cl)c(OC)c1C(=O)NOC(=O)c1ccccc1. The largest absolute Gasteiger partial charge is 0.496 e. The van der Waals surface area contributed by atoms with E-state index >= 15 is 0 Å². The molecule has 0 unspecified atom stereocenters. The molecule has 0 saturated carbocycles. The van der Waals surface area contributed by atoms with Gasteiger partial charge in [0.05, 0.1) is 24.8 Å². The summed E-state index contributed by atoms with van der Waals surface area (Å²) in [6, 6.07) is 11.3. The summed E-state index contributed by atoms with van der Waals surface area (Å²) >= 11 is 5.99. The summed E-state index contributed by atoms with van der Waals surface area (Å²) in [5, 5.41) is 0.229. The average molecular weight is 336 g/mol. The lowest BCUT2D eigenvalue weighted by molar-refractivity contribution is 0.0228. The van der Waals surface area contributed by atoms with E-state index in [1.807, 2.05) is 0 Å². The van der Waals surface area contributed by atoms with Gasteiger partial charge in [0.2, 0.25) is 0 Å². The van der Waals surface area contributed by atoms with Crippen molar-refractivity contribution in [1.29, 1.82) is 0 Å². The van der Waals surface area contributed by atoms with Crippen LogP contribution in [-0.4, -0.2) is 26.1 Å². The van der Waals surface area contributed by atoms with E-state index in [1.54, 1.807) is 30.3 Å². The molecule has 1 N–H and O–H groups in total. The molecule has 23 heavy (non-hydrogen) atoms. The fourth-order valence-corrected chi connectivity index (χ4v) is 2.14. The molecule has 2 aromatic rings. The van der Waals surface area contributed by atoms with Gasteiger partial charge in [-0.05, 0) is 24.3 Å². The minimum Gasteiger partial charge on any atom is -0.496 e. The van der Waals surface area contributed by atoms with Gasteiger partial charge in [0.15, 0.2) is 5.75 Å². The number of carbonyl (C=O) groups is 2. The summed E-state index contributed by atoms with van der Waals surface area (Å²) in [7, 11) is 2.77. The molecule has 0 fully saturated rings. The number of carbonyl (C=O) groups excluding carboxylic acids is 2. The second kappa shape index (κ2) is 7.51. The topological polar surface area (TPSA) is 73.9 Å². The molecule has 0 radical (unpaired) electrons. The summed E-state index contributed by atoms with van der Waals surface area (Å²) < 4.78 is 10.2. The average Bonchev–Trinajstić information content (AvgIpc) is 2.59. The van der Waals surface area contributed by atoms with Crippen LogP contribution in [-0.2, 0) is 4.84 Å². The predicted octanol–water partition coefficient (Wildman–Crippen LogP) is 2.86. The number of benzene rings is 2. The molecule has 0 aliphatic rings. The maximum absolute atomic E-state index is 12.3. The van der Waals surface area contributed by atoms with E-state index in [2.05, 4.69) is 5.48 Å². The number of hydrogen-bond donors (Lipinski definition) is 1. The molecule has 0 heterocycles. The van der Waals surface area contributed by atoms with E-state index in [4.69, 9.17) is 25.9 Å². The van der Waals surface area contributed by atoms with E-state index in [9.17, 15) is 9.59 Å². The molecule has 2 rings (SSSR count). The van der Waals surface area contributed by atoms with Crippen LogP contribution in [0.15, 0.2) is 42.5 Å². The lowest BCUT2D eigenvalue weighted by atomic mass is 10.1. The molecule has 0 atom stereocenters. The Labute approximate surface area is 137 Å². The second-order valence-corrected chi connectivity index (χ2v) is 4.75. The monoisotopic (exact) mass is 335 g/mol. The van der Waals surface area contributed by atoms with Crippen molar-refractivity contribution in [3.05, 3.63) is 58.6 Å². The van der Waals surface area contributed by atoms with E-state index in [0.29, 0.717) is 5.56 Å². The summed E-state index contributed by atoms with van der Waals surface area (Å²) in [4.78, 5) is 28.9. The third-order valence-corrected chi connectivity index (χ3v) is 3.27. The zero-order chi connectivity index (χ0) is 16.8. The highest BCUT2D eigenvalue weighted by atomic mass is 35.5. The van der Waals surface area contributed by atoms with Gasteiger partial charge in [0.1, 0.15) is 11.3 Å². The summed E-state index contributed by atoms with van der Waals surface area (Å²) in [5.41, 5.74) is 2.40. The normalized spacial score (nSPS) is 9.87. The lowest BCUT2D eigenvalue weighted by Gasteiger charge is -2.14. The minimum atomic E-state index is -0.717. The first-order valence-corrected chi connectivity index (χ1v) is 6.93. The van der Waals surface area contributed by atoms with Crippen molar-refractivity contribution >= 4 is 23.5 Å². The smallest absolute Gasteiger partial charge is 0.362 e. The van der Waals surface area contributed by atoms with Gasteiger partial charge in [0, 0.05) is 0 Å². The first kappa shape index (κ1) is 16.6. The van der Waals surface area contributed by atoms with E-state index < -0.39 is 11.9 Å². The fourth-order valence-electron chi connectivity index (χ4n) is 1.90. The Kier molecular flexibility index (Phi) is 5.43. The van der Waals surface area contributed by atoms with Crippen molar-refractivity contribution in [2.45, 2.75) is 0 Å². The number of hydroxylamine groups is 1. The molecular weight excluding hydrogens is 322 g/mol. The first-order valence-electron chi connectivity index (χ1n) is 6.55. The second-order valence-electron chi connectivity index (χ2n) is 4.34. The molecule has 1 amide bonds. The third-order valence-electron chi connectivity index (χ3n) is 2.97. The number of rotatable bonds is 4. The van der Waals surface area contributed by atoms with E-state index in [-0.39, 0.29) is 22.1 Å². The third kappa shape index (κ3) is 3.73. The van der Waals surface area contributed by atoms with Gasteiger partial charge in [0.25, 0.3) is 5.91 Å². The Morgan fingerprint density at radius 3 is 2.30 bits per heavy atom. The van der Waals surface area contributed by atoms with Crippen LogP contribution in [0.3, 0.4) is 0 Å². The van der Waals surface area contributed by atoms with Crippen molar-refractivity contribution in [3.63, 3.8) is 0 Å². The summed E-state index contributed by atoms with van der Waals surface area (Å²) in [6.07, 6.45) is 0. The van der Waals surface area contributed by atoms with Crippen molar-refractivity contribution in [1.82, 2.24) is 5.48 Å². The highest BCUT2D eigenvalue weighted by Gasteiger charge is 2.22. The molecule has 0 spiro atoms. The zero-order valence-corrected chi connectivity index (χ0v) is 13.2. The van der Waals surface area contributed by atoms with Gasteiger partial charge < -0.3 is 14.3 Å². The van der Waals surface area contributed by atoms with Crippen LogP contribution in [0.4, 0.5) is 0 Å². The molecule has 6 nitrogen and oxygen atoms in total. The van der Waals surface area contributed by atoms with Crippen LogP contribution < -0.4 is 15.0 Å². The molecular formula is C16H14ClNO5. The van der Waals surface area contributed by atoms with Crippen LogP contribution in [0.1, 0.15) is 20.7 Å². The standard InChI is InChI=1S/C16H14ClNO5/c1-21-12-9-8-11(17)14(22-2)13(12)15(19)18-23-16(20)10-6-4-3-5-7-10/h3-9H,1-2H3,(H,18,19). The maximum atomic E-state index is 12.3. The minimum absolute atomic E-state index is 0.0309. The van der Waals surface area contributed by atoms with Crippen LogP contribution in [0.2, 0.25) is 5.02 Å². The van der Waals surface area contributed by atoms with Crippen molar-refractivity contribution in [2.75, 3.05) is 14.2 Å². The van der Waals surface area contributed by atoms with Crippen molar-refractivity contribution < 1.29 is 23.9 Å². The highest BCUT2D eigenvalue weighted by molar-refractivity contribution is 6.32. The first-order chi connectivity index (χ1) is 11.1. The molecule has 2 aromatic carbocycles. The Hall–Kier alpha value is -2.73. The molecule has 0 aliphatic carbocycles. The number of nitrogens with one attached hydrogen (secondary N) is 1. The Balaban J connectivity index is 2.18. The number of amides is 1. The number of ether oxygens (including phenoxy) is 2. The van der Waals surface area contributed by atoms with Crippen molar-refractivity contribution in [3.8, 4) is 11.5 Å². The molecule has 0 saturated heterocycles. The Morgan fingerprint density at radius 2 is 1.70 bits per heavy atom. The van der Waals surface area contributed by atoms with Gasteiger partial charge >= 0.3 is 5.97 Å². The lowest BCUT2D eigenvalue weighted by Crippen LogP contribution is -2.28. The maximum Gasteiger partial charge on any atom is 0.362 e. The molecule has 120 valence electrons. The van der Waals surface area contributed by atoms with Gasteiger partial charge in [-0.2, -0.15) is 5.48 Å². The number of halogens is 1. The number of methoxy groups -OCH3 is 2. The van der Waals surface area contributed by atoms with Gasteiger partial charge in [-0.15, -0.1) is 0 Å². The number of hydrogen-bond acceptors (Lipinski definition) is 5. The van der Waals surface area contributed by atoms with Crippen LogP contribution >= 0.6 is 11.6 Å². The molecule has 0 aliphatic heterocycles. The predicted molar refractivity (Wildman–Crippen MR) is 83.9 cm³/mol. The molecule has 7 heteroatoms. The highest BCUT2D eigenvalue weighted by Crippen LogP contribution is 2.35. The van der Waals surface area contributed by atoms with Crippen LogP contribution in [0, 0.1) is 0 Å². The van der Waals surface area contributed by atoms with Crippen molar-refractivity contribution in [2.24, 2.45) is 0 Å². The zero-order valence-electron chi connectivity index (χ0n) is 12.5. The summed E-state index contributed by atoms with van der Waals surface area (Å²) in [5.74, 6) is -1.05. The van der Waals surface area contributed by atoms with Crippen LogP contribution in [0.25, 0.3) is 0 Å². The van der Waals surface area contributed by atoms with Gasteiger partial charge in [-0.1, -0.05) is 29.8 Å². The van der Waals surface area contributed by atoms with Gasteiger partial charge in [-0.25, -0.2) is 4.79 Å².